The highest BCUT2D eigenvalue weighted by Crippen LogP contribution is 2.12. The Balaban J connectivity index is 2.05. The number of nitrogens with two attached hydrogens (primary N) is 2. The van der Waals surface area contributed by atoms with Crippen LogP contribution in [0.1, 0.15) is 5.56 Å². The fourth-order valence-corrected chi connectivity index (χ4v) is 1.85. The van der Waals surface area contributed by atoms with Crippen molar-refractivity contribution in [2.45, 2.75) is 12.6 Å². The van der Waals surface area contributed by atoms with Crippen molar-refractivity contribution >= 4 is 11.7 Å². The van der Waals surface area contributed by atoms with E-state index >= 15 is 0 Å². The van der Waals surface area contributed by atoms with Crippen LogP contribution in [0.15, 0.2) is 18.3 Å². The molecule has 17 heavy (non-hydrogen) atoms. The van der Waals surface area contributed by atoms with Crippen LogP contribution in [0.3, 0.4) is 0 Å². The van der Waals surface area contributed by atoms with Gasteiger partial charge in [-0.1, -0.05) is 6.07 Å². The van der Waals surface area contributed by atoms with Gasteiger partial charge in [0.25, 0.3) is 0 Å². The van der Waals surface area contributed by atoms with Gasteiger partial charge in [0.15, 0.2) is 0 Å². The highest BCUT2D eigenvalue weighted by molar-refractivity contribution is 5.80. The van der Waals surface area contributed by atoms with Crippen LogP contribution in [0.2, 0.25) is 0 Å². The van der Waals surface area contributed by atoms with Crippen molar-refractivity contribution in [3.05, 3.63) is 23.9 Å². The van der Waals surface area contributed by atoms with Gasteiger partial charge in [0.1, 0.15) is 11.9 Å². The van der Waals surface area contributed by atoms with E-state index in [-0.39, 0.29) is 11.9 Å². The Bertz CT molecular complexity index is 393. The smallest absolute Gasteiger partial charge is 0.237 e. The van der Waals surface area contributed by atoms with E-state index in [9.17, 15) is 4.79 Å². The molecule has 0 radical (unpaired) electrons. The summed E-state index contributed by atoms with van der Waals surface area (Å²) in [6, 6.07) is 3.28. The molecule has 1 fully saturated rings. The molecule has 1 aliphatic rings. The number of hydrogen-bond donors (Lipinski definition) is 2. The van der Waals surface area contributed by atoms with Crippen LogP contribution in [0.4, 0.5) is 5.82 Å². The van der Waals surface area contributed by atoms with Gasteiger partial charge in [-0.15, -0.1) is 0 Å². The van der Waals surface area contributed by atoms with Crippen molar-refractivity contribution in [3.8, 4) is 0 Å². The molecular weight excluding hydrogens is 220 g/mol. The number of ether oxygens (including phenoxy) is 1. The first kappa shape index (κ1) is 11.8. The van der Waals surface area contributed by atoms with Crippen molar-refractivity contribution in [2.75, 3.05) is 25.5 Å². The number of hydrogen-bond acceptors (Lipinski definition) is 5. The second-order valence-corrected chi connectivity index (χ2v) is 4.05. The molecule has 1 aromatic rings. The minimum absolute atomic E-state index is 0.354. The molecule has 0 aromatic carbocycles. The monoisotopic (exact) mass is 236 g/mol. The van der Waals surface area contributed by atoms with Crippen LogP contribution in [0.5, 0.6) is 0 Å². The third-order valence-corrected chi connectivity index (χ3v) is 2.80. The van der Waals surface area contributed by atoms with E-state index in [2.05, 4.69) is 4.98 Å². The molecule has 4 N–H and O–H groups in total. The highest BCUT2D eigenvalue weighted by Gasteiger charge is 2.27. The zero-order valence-corrected chi connectivity index (χ0v) is 9.50. The van der Waals surface area contributed by atoms with Gasteiger partial charge >= 0.3 is 0 Å². The predicted octanol–water partition coefficient (Wildman–Crippen LogP) is -0.650. The lowest BCUT2D eigenvalue weighted by molar-refractivity contribution is -0.129. The van der Waals surface area contributed by atoms with Crippen LogP contribution in [-0.4, -0.2) is 41.6 Å². The molecule has 0 spiro atoms. The first-order chi connectivity index (χ1) is 8.16. The second kappa shape index (κ2) is 5.11. The zero-order chi connectivity index (χ0) is 12.3. The number of nitrogens with zero attached hydrogens (tertiary/aromatic N) is 2. The quantitative estimate of drug-likeness (QED) is 0.727. The summed E-state index contributed by atoms with van der Waals surface area (Å²) in [7, 11) is 0. The number of carbonyl (C=O) groups excluding carboxylic acids is 1. The Hall–Kier alpha value is -1.66. The van der Waals surface area contributed by atoms with Crippen LogP contribution < -0.4 is 11.5 Å². The predicted molar refractivity (Wildman–Crippen MR) is 62.9 cm³/mol. The van der Waals surface area contributed by atoms with Gasteiger partial charge in [0.05, 0.1) is 13.2 Å². The van der Waals surface area contributed by atoms with Gasteiger partial charge in [0.2, 0.25) is 5.91 Å². The summed E-state index contributed by atoms with van der Waals surface area (Å²) in [6.45, 7) is 2.30. The fraction of sp³-hybridized carbons (Fsp3) is 0.455. The molecule has 1 aromatic heterocycles. The van der Waals surface area contributed by atoms with Crippen molar-refractivity contribution in [3.63, 3.8) is 0 Å². The fourth-order valence-electron chi connectivity index (χ4n) is 1.85. The lowest BCUT2D eigenvalue weighted by Gasteiger charge is -2.33. The Kier molecular flexibility index (Phi) is 3.55. The summed E-state index contributed by atoms with van der Waals surface area (Å²) in [4.78, 5) is 17.3. The maximum absolute atomic E-state index is 11.3. The van der Waals surface area contributed by atoms with Crippen LogP contribution in [-0.2, 0) is 16.1 Å². The number of primary amides is 1. The van der Waals surface area contributed by atoms with E-state index < -0.39 is 0 Å². The molecule has 2 rings (SSSR count). The summed E-state index contributed by atoms with van der Waals surface area (Å²) in [5.74, 6) is 0.135. The van der Waals surface area contributed by atoms with E-state index in [4.69, 9.17) is 16.2 Å². The number of carbonyl (C=O) groups is 1. The minimum Gasteiger partial charge on any atom is -0.384 e. The number of pyridine rings is 1. The van der Waals surface area contributed by atoms with E-state index in [1.54, 1.807) is 12.3 Å². The molecule has 1 aliphatic heterocycles. The van der Waals surface area contributed by atoms with Gasteiger partial charge in [-0.3, -0.25) is 9.69 Å². The van der Waals surface area contributed by atoms with Crippen molar-refractivity contribution in [1.29, 1.82) is 0 Å². The summed E-state index contributed by atoms with van der Waals surface area (Å²) >= 11 is 0. The lowest BCUT2D eigenvalue weighted by Crippen LogP contribution is -2.51. The molecule has 92 valence electrons. The SMILES string of the molecule is NC(=O)C1COCCN1Cc1ccc(N)nc1. The van der Waals surface area contributed by atoms with Crippen LogP contribution >= 0.6 is 0 Å². The Labute approximate surface area is 99.5 Å². The normalized spacial score (nSPS) is 21.3. The maximum atomic E-state index is 11.3. The molecule has 1 atom stereocenters. The summed E-state index contributed by atoms with van der Waals surface area (Å²) in [5.41, 5.74) is 11.9. The molecule has 1 saturated heterocycles. The summed E-state index contributed by atoms with van der Waals surface area (Å²) < 4.78 is 5.25. The Morgan fingerprint density at radius 3 is 3.06 bits per heavy atom. The molecule has 6 nitrogen and oxygen atoms in total. The molecule has 0 bridgehead atoms. The van der Waals surface area contributed by atoms with Crippen molar-refractivity contribution in [2.24, 2.45) is 5.73 Å². The summed E-state index contributed by atoms with van der Waals surface area (Å²) in [6.07, 6.45) is 1.71. The van der Waals surface area contributed by atoms with Crippen molar-refractivity contribution in [1.82, 2.24) is 9.88 Å². The van der Waals surface area contributed by atoms with Crippen molar-refractivity contribution < 1.29 is 9.53 Å². The first-order valence-electron chi connectivity index (χ1n) is 5.48. The first-order valence-corrected chi connectivity index (χ1v) is 5.48. The number of aromatic nitrogens is 1. The van der Waals surface area contributed by atoms with E-state index in [1.165, 1.54) is 0 Å². The topological polar surface area (TPSA) is 94.5 Å². The maximum Gasteiger partial charge on any atom is 0.237 e. The molecular formula is C11H16N4O2. The average Bonchev–Trinajstić information content (AvgIpc) is 2.32. The molecule has 6 heteroatoms. The number of nitrogen functional groups attached to an aromatic ring is 1. The third kappa shape index (κ3) is 2.92. The van der Waals surface area contributed by atoms with Gasteiger partial charge in [-0.25, -0.2) is 4.98 Å². The van der Waals surface area contributed by atoms with Crippen LogP contribution in [0, 0.1) is 0 Å². The van der Waals surface area contributed by atoms with Crippen LogP contribution in [0.25, 0.3) is 0 Å². The van der Waals surface area contributed by atoms with E-state index in [1.807, 2.05) is 11.0 Å². The summed E-state index contributed by atoms with van der Waals surface area (Å²) in [5, 5.41) is 0. The van der Waals surface area contributed by atoms with E-state index in [0.717, 1.165) is 5.56 Å². The van der Waals surface area contributed by atoms with Gasteiger partial charge in [0, 0.05) is 19.3 Å². The number of rotatable bonds is 3. The molecule has 1 amide bonds. The largest absolute Gasteiger partial charge is 0.384 e. The van der Waals surface area contributed by atoms with Gasteiger partial charge < -0.3 is 16.2 Å². The minimum atomic E-state index is -0.360. The number of morpholine rings is 1. The number of amides is 1. The van der Waals surface area contributed by atoms with Gasteiger partial charge in [-0.2, -0.15) is 0 Å². The van der Waals surface area contributed by atoms with Gasteiger partial charge in [-0.05, 0) is 11.6 Å². The highest BCUT2D eigenvalue weighted by atomic mass is 16.5. The number of anilines is 1. The molecule has 1 unspecified atom stereocenters. The standard InChI is InChI=1S/C11H16N4O2/c12-10-2-1-8(5-14-10)6-15-3-4-17-7-9(15)11(13)16/h1-2,5,9H,3-4,6-7H2,(H2,12,14)(H2,13,16). The third-order valence-electron chi connectivity index (χ3n) is 2.80. The molecule has 2 heterocycles. The average molecular weight is 236 g/mol. The Morgan fingerprint density at radius 2 is 2.41 bits per heavy atom. The zero-order valence-electron chi connectivity index (χ0n) is 9.50. The molecule has 0 aliphatic carbocycles. The second-order valence-electron chi connectivity index (χ2n) is 4.05. The van der Waals surface area contributed by atoms with E-state index in [0.29, 0.717) is 32.1 Å². The Morgan fingerprint density at radius 1 is 1.59 bits per heavy atom. The molecule has 0 saturated carbocycles. The lowest BCUT2D eigenvalue weighted by atomic mass is 10.2.